The number of rotatable bonds is 7. The fourth-order valence-electron chi connectivity index (χ4n) is 2.27. The molecule has 2 aromatic rings. The minimum atomic E-state index is -0.411. The molecule has 0 aliphatic rings. The van der Waals surface area contributed by atoms with E-state index in [9.17, 15) is 10.1 Å². The van der Waals surface area contributed by atoms with E-state index in [2.05, 4.69) is 10.6 Å². The molecule has 1 amide bonds. The monoisotopic (exact) mass is 335 g/mol. The van der Waals surface area contributed by atoms with Crippen molar-refractivity contribution in [3.63, 3.8) is 0 Å². The third-order valence-corrected chi connectivity index (χ3v) is 3.72. The summed E-state index contributed by atoms with van der Waals surface area (Å²) in [5.41, 5.74) is 2.04. The number of methoxy groups -OCH3 is 1. The number of nitrogens with zero attached hydrogens (tertiary/aromatic N) is 1. The molecular formula is C20H21N3O2. The molecule has 0 aliphatic heterocycles. The Labute approximate surface area is 147 Å². The van der Waals surface area contributed by atoms with Crippen LogP contribution in [0.4, 0.5) is 0 Å². The normalized spacial score (nSPS) is 12.0. The molecule has 0 spiro atoms. The number of nitrogens with one attached hydrogen (secondary N) is 2. The van der Waals surface area contributed by atoms with E-state index in [0.717, 1.165) is 16.9 Å². The zero-order valence-corrected chi connectivity index (χ0v) is 14.3. The van der Waals surface area contributed by atoms with Crippen LogP contribution in [0.1, 0.15) is 24.1 Å². The van der Waals surface area contributed by atoms with E-state index in [4.69, 9.17) is 4.74 Å². The number of nitriles is 1. The molecule has 0 bridgehead atoms. The number of hydrogen-bond donors (Lipinski definition) is 2. The van der Waals surface area contributed by atoms with Gasteiger partial charge in [0.15, 0.2) is 0 Å². The molecule has 1 unspecified atom stereocenters. The van der Waals surface area contributed by atoms with Gasteiger partial charge in [-0.25, -0.2) is 0 Å². The van der Waals surface area contributed by atoms with E-state index < -0.39 is 5.91 Å². The maximum absolute atomic E-state index is 12.3. The maximum atomic E-state index is 12.3. The lowest BCUT2D eigenvalue weighted by molar-refractivity contribution is -0.117. The summed E-state index contributed by atoms with van der Waals surface area (Å²) in [4.78, 5) is 12.3. The SMILES string of the molecule is COc1ccc(C(C)NC(=O)/C(C#N)=C\NCc2ccccc2)cc1. The Balaban J connectivity index is 1.94. The Bertz CT molecular complexity index is 762. The fraction of sp³-hybridized carbons (Fsp3) is 0.200. The molecular weight excluding hydrogens is 314 g/mol. The second-order valence-corrected chi connectivity index (χ2v) is 5.50. The van der Waals surface area contributed by atoms with Crippen molar-refractivity contribution in [1.29, 1.82) is 5.26 Å². The van der Waals surface area contributed by atoms with E-state index in [1.54, 1.807) is 7.11 Å². The molecule has 0 aliphatic carbocycles. The van der Waals surface area contributed by atoms with Crippen molar-refractivity contribution in [2.45, 2.75) is 19.5 Å². The van der Waals surface area contributed by atoms with Crippen LogP contribution in [0.15, 0.2) is 66.4 Å². The Morgan fingerprint density at radius 1 is 1.20 bits per heavy atom. The first kappa shape index (κ1) is 18.1. The highest BCUT2D eigenvalue weighted by atomic mass is 16.5. The quantitative estimate of drug-likeness (QED) is 0.602. The minimum absolute atomic E-state index is 0.0382. The van der Waals surface area contributed by atoms with Crippen molar-refractivity contribution in [1.82, 2.24) is 10.6 Å². The highest BCUT2D eigenvalue weighted by Gasteiger charge is 2.13. The van der Waals surface area contributed by atoms with Crippen molar-refractivity contribution < 1.29 is 9.53 Å². The third-order valence-electron chi connectivity index (χ3n) is 3.72. The number of hydrogen-bond acceptors (Lipinski definition) is 4. The third kappa shape index (κ3) is 5.40. The lowest BCUT2D eigenvalue weighted by Gasteiger charge is -2.14. The standard InChI is InChI=1S/C20H21N3O2/c1-15(17-8-10-19(25-2)11-9-17)23-20(24)18(12-21)14-22-13-16-6-4-3-5-7-16/h3-11,14-15,22H,13H2,1-2H3,(H,23,24)/b18-14-. The van der Waals surface area contributed by atoms with Crippen LogP contribution in [-0.2, 0) is 11.3 Å². The topological polar surface area (TPSA) is 74.1 Å². The smallest absolute Gasteiger partial charge is 0.263 e. The van der Waals surface area contributed by atoms with E-state index in [-0.39, 0.29) is 11.6 Å². The number of carbonyl (C=O) groups excluding carboxylic acids is 1. The Hall–Kier alpha value is -3.26. The van der Waals surface area contributed by atoms with Crippen LogP contribution in [0, 0.1) is 11.3 Å². The van der Waals surface area contributed by atoms with Crippen molar-refractivity contribution in [2.24, 2.45) is 0 Å². The van der Waals surface area contributed by atoms with E-state index in [0.29, 0.717) is 6.54 Å². The molecule has 0 fully saturated rings. The molecule has 25 heavy (non-hydrogen) atoms. The van der Waals surface area contributed by atoms with Gasteiger partial charge in [-0.05, 0) is 30.2 Å². The first-order chi connectivity index (χ1) is 12.1. The van der Waals surface area contributed by atoms with Crippen molar-refractivity contribution >= 4 is 5.91 Å². The predicted molar refractivity (Wildman–Crippen MR) is 96.5 cm³/mol. The van der Waals surface area contributed by atoms with Gasteiger partial charge in [0, 0.05) is 12.7 Å². The molecule has 128 valence electrons. The summed E-state index contributed by atoms with van der Waals surface area (Å²) in [7, 11) is 1.60. The molecule has 0 heterocycles. The molecule has 5 heteroatoms. The van der Waals surface area contributed by atoms with Gasteiger partial charge in [-0.15, -0.1) is 0 Å². The number of ether oxygens (including phenoxy) is 1. The largest absolute Gasteiger partial charge is 0.497 e. The van der Waals surface area contributed by atoms with Gasteiger partial charge in [-0.3, -0.25) is 4.79 Å². The summed E-state index contributed by atoms with van der Waals surface area (Å²) >= 11 is 0. The summed E-state index contributed by atoms with van der Waals surface area (Å²) < 4.78 is 5.12. The number of amides is 1. The van der Waals surface area contributed by atoms with Gasteiger partial charge < -0.3 is 15.4 Å². The zero-order valence-electron chi connectivity index (χ0n) is 14.3. The average Bonchev–Trinajstić information content (AvgIpc) is 2.66. The molecule has 2 aromatic carbocycles. The second-order valence-electron chi connectivity index (χ2n) is 5.50. The van der Waals surface area contributed by atoms with Gasteiger partial charge in [-0.1, -0.05) is 42.5 Å². The minimum Gasteiger partial charge on any atom is -0.497 e. The molecule has 0 saturated heterocycles. The van der Waals surface area contributed by atoms with Gasteiger partial charge in [0.2, 0.25) is 0 Å². The van der Waals surface area contributed by atoms with Crippen LogP contribution in [0.25, 0.3) is 0 Å². The molecule has 1 atom stereocenters. The van der Waals surface area contributed by atoms with Gasteiger partial charge >= 0.3 is 0 Å². The first-order valence-corrected chi connectivity index (χ1v) is 7.96. The van der Waals surface area contributed by atoms with Gasteiger partial charge in [-0.2, -0.15) is 5.26 Å². The molecule has 0 radical (unpaired) electrons. The fourth-order valence-corrected chi connectivity index (χ4v) is 2.27. The summed E-state index contributed by atoms with van der Waals surface area (Å²) in [6.45, 7) is 2.42. The van der Waals surface area contributed by atoms with E-state index in [1.165, 1.54) is 6.20 Å². The highest BCUT2D eigenvalue weighted by Crippen LogP contribution is 2.17. The van der Waals surface area contributed by atoms with Gasteiger partial charge in [0.1, 0.15) is 17.4 Å². The Kier molecular flexibility index (Phi) is 6.61. The Morgan fingerprint density at radius 3 is 2.48 bits per heavy atom. The average molecular weight is 335 g/mol. The first-order valence-electron chi connectivity index (χ1n) is 7.96. The van der Waals surface area contributed by atoms with Crippen LogP contribution in [0.3, 0.4) is 0 Å². The summed E-state index contributed by atoms with van der Waals surface area (Å²) in [5, 5.41) is 15.0. The van der Waals surface area contributed by atoms with Crippen molar-refractivity contribution in [3.8, 4) is 11.8 Å². The van der Waals surface area contributed by atoms with E-state index >= 15 is 0 Å². The van der Waals surface area contributed by atoms with Crippen LogP contribution < -0.4 is 15.4 Å². The Morgan fingerprint density at radius 2 is 1.88 bits per heavy atom. The van der Waals surface area contributed by atoms with Crippen molar-refractivity contribution in [2.75, 3.05) is 7.11 Å². The summed E-state index contributed by atoms with van der Waals surface area (Å²) in [6, 6.07) is 18.9. The molecule has 5 nitrogen and oxygen atoms in total. The lowest BCUT2D eigenvalue weighted by atomic mass is 10.1. The lowest BCUT2D eigenvalue weighted by Crippen LogP contribution is -2.28. The van der Waals surface area contributed by atoms with Crippen molar-refractivity contribution in [3.05, 3.63) is 77.5 Å². The summed E-state index contributed by atoms with van der Waals surface area (Å²) in [6.07, 6.45) is 1.45. The van der Waals surface area contributed by atoms with Crippen LogP contribution in [0.5, 0.6) is 5.75 Å². The summed E-state index contributed by atoms with van der Waals surface area (Å²) in [5.74, 6) is 0.344. The van der Waals surface area contributed by atoms with Crippen LogP contribution >= 0.6 is 0 Å². The molecule has 2 N–H and O–H groups in total. The van der Waals surface area contributed by atoms with Gasteiger partial charge in [0.25, 0.3) is 5.91 Å². The van der Waals surface area contributed by atoms with E-state index in [1.807, 2.05) is 67.6 Å². The van der Waals surface area contributed by atoms with Gasteiger partial charge in [0.05, 0.1) is 13.2 Å². The maximum Gasteiger partial charge on any atom is 0.263 e. The molecule has 0 saturated carbocycles. The number of carbonyl (C=O) groups is 1. The number of benzene rings is 2. The predicted octanol–water partition coefficient (Wildman–Crippen LogP) is 3.07. The second kappa shape index (κ2) is 9.14. The molecule has 2 rings (SSSR count). The zero-order chi connectivity index (χ0) is 18.1. The van der Waals surface area contributed by atoms with Crippen LogP contribution in [-0.4, -0.2) is 13.0 Å². The molecule has 0 aromatic heterocycles. The highest BCUT2D eigenvalue weighted by molar-refractivity contribution is 5.97. The van der Waals surface area contributed by atoms with Crippen LogP contribution in [0.2, 0.25) is 0 Å².